The van der Waals surface area contributed by atoms with E-state index in [2.05, 4.69) is 42.2 Å². The Morgan fingerprint density at radius 1 is 1.29 bits per heavy atom. The highest BCUT2D eigenvalue weighted by atomic mass is 15.2. The van der Waals surface area contributed by atoms with Gasteiger partial charge in [-0.05, 0) is 50.4 Å². The van der Waals surface area contributed by atoms with Crippen LogP contribution >= 0.6 is 0 Å². The van der Waals surface area contributed by atoms with Crippen LogP contribution in [0.5, 0.6) is 0 Å². The summed E-state index contributed by atoms with van der Waals surface area (Å²) in [4.78, 5) is 2.62. The molecule has 0 amide bonds. The molecule has 2 nitrogen and oxygen atoms in total. The number of piperidine rings is 1. The summed E-state index contributed by atoms with van der Waals surface area (Å²) in [6.45, 7) is 5.48. The summed E-state index contributed by atoms with van der Waals surface area (Å²) in [7, 11) is 0. The third kappa shape index (κ3) is 2.88. The SMILES string of the molecule is CCCN1CCC[C@H](CN)[C@H]1c1ccccc1. The molecule has 0 aliphatic carbocycles. The zero-order valence-electron chi connectivity index (χ0n) is 10.8. The van der Waals surface area contributed by atoms with Gasteiger partial charge in [0.05, 0.1) is 0 Å². The van der Waals surface area contributed by atoms with E-state index in [0.29, 0.717) is 12.0 Å². The molecular formula is C15H24N2. The average Bonchev–Trinajstić information content (AvgIpc) is 2.40. The summed E-state index contributed by atoms with van der Waals surface area (Å²) in [6, 6.07) is 11.4. The summed E-state index contributed by atoms with van der Waals surface area (Å²) in [6.07, 6.45) is 3.79. The summed E-state index contributed by atoms with van der Waals surface area (Å²) < 4.78 is 0. The third-order valence-electron chi connectivity index (χ3n) is 3.81. The highest BCUT2D eigenvalue weighted by molar-refractivity contribution is 5.20. The summed E-state index contributed by atoms with van der Waals surface area (Å²) in [5.74, 6) is 0.623. The first-order valence-electron chi connectivity index (χ1n) is 6.86. The Balaban J connectivity index is 2.22. The largest absolute Gasteiger partial charge is 0.330 e. The number of nitrogens with two attached hydrogens (primary N) is 1. The Hall–Kier alpha value is -0.860. The first kappa shape index (κ1) is 12.6. The summed E-state index contributed by atoms with van der Waals surface area (Å²) in [5, 5.41) is 0. The lowest BCUT2D eigenvalue weighted by molar-refractivity contribution is 0.0960. The molecule has 1 fully saturated rings. The van der Waals surface area contributed by atoms with Crippen LogP contribution in [-0.2, 0) is 0 Å². The molecule has 1 aromatic rings. The monoisotopic (exact) mass is 232 g/mol. The molecular weight excluding hydrogens is 208 g/mol. The topological polar surface area (TPSA) is 29.3 Å². The molecule has 0 bridgehead atoms. The van der Waals surface area contributed by atoms with Gasteiger partial charge >= 0.3 is 0 Å². The number of rotatable bonds is 4. The Morgan fingerprint density at radius 2 is 2.06 bits per heavy atom. The van der Waals surface area contributed by atoms with Crippen molar-refractivity contribution in [2.24, 2.45) is 11.7 Å². The van der Waals surface area contributed by atoms with Crippen LogP contribution in [0, 0.1) is 5.92 Å². The molecule has 2 atom stereocenters. The minimum atomic E-state index is 0.537. The molecule has 1 aliphatic rings. The van der Waals surface area contributed by atoms with Gasteiger partial charge in [0, 0.05) is 6.04 Å². The predicted molar refractivity (Wildman–Crippen MR) is 72.8 cm³/mol. The molecule has 2 N–H and O–H groups in total. The van der Waals surface area contributed by atoms with Crippen molar-refractivity contribution >= 4 is 0 Å². The minimum absolute atomic E-state index is 0.537. The molecule has 0 saturated carbocycles. The van der Waals surface area contributed by atoms with E-state index < -0.39 is 0 Å². The molecule has 0 spiro atoms. The number of benzene rings is 1. The summed E-state index contributed by atoms with van der Waals surface area (Å²) in [5.41, 5.74) is 7.40. The smallest absolute Gasteiger partial charge is 0.0388 e. The van der Waals surface area contributed by atoms with Crippen molar-refractivity contribution in [2.75, 3.05) is 19.6 Å². The van der Waals surface area contributed by atoms with Crippen LogP contribution in [0.3, 0.4) is 0 Å². The zero-order chi connectivity index (χ0) is 12.1. The Bertz CT molecular complexity index is 321. The van der Waals surface area contributed by atoms with Gasteiger partial charge in [0.1, 0.15) is 0 Å². The Morgan fingerprint density at radius 3 is 2.71 bits per heavy atom. The molecule has 17 heavy (non-hydrogen) atoms. The maximum atomic E-state index is 5.96. The highest BCUT2D eigenvalue weighted by Crippen LogP contribution is 2.35. The minimum Gasteiger partial charge on any atom is -0.330 e. The van der Waals surface area contributed by atoms with Crippen molar-refractivity contribution in [1.29, 1.82) is 0 Å². The van der Waals surface area contributed by atoms with E-state index in [1.165, 1.54) is 37.9 Å². The maximum Gasteiger partial charge on any atom is 0.0388 e. The van der Waals surface area contributed by atoms with Gasteiger partial charge in [-0.15, -0.1) is 0 Å². The van der Waals surface area contributed by atoms with Crippen molar-refractivity contribution in [3.05, 3.63) is 35.9 Å². The van der Waals surface area contributed by atoms with E-state index in [4.69, 9.17) is 5.73 Å². The van der Waals surface area contributed by atoms with E-state index in [1.807, 2.05) is 0 Å². The first-order valence-corrected chi connectivity index (χ1v) is 6.86. The van der Waals surface area contributed by atoms with E-state index >= 15 is 0 Å². The molecule has 0 aromatic heterocycles. The number of hydrogen-bond acceptors (Lipinski definition) is 2. The number of hydrogen-bond donors (Lipinski definition) is 1. The zero-order valence-corrected chi connectivity index (χ0v) is 10.8. The van der Waals surface area contributed by atoms with Gasteiger partial charge in [-0.3, -0.25) is 4.90 Å². The normalized spacial score (nSPS) is 26.0. The lowest BCUT2D eigenvalue weighted by atomic mass is 9.84. The highest BCUT2D eigenvalue weighted by Gasteiger charge is 2.30. The van der Waals surface area contributed by atoms with Gasteiger partial charge < -0.3 is 5.73 Å². The van der Waals surface area contributed by atoms with Crippen LogP contribution in [0.4, 0.5) is 0 Å². The van der Waals surface area contributed by atoms with E-state index in [1.54, 1.807) is 0 Å². The van der Waals surface area contributed by atoms with Gasteiger partial charge in [-0.25, -0.2) is 0 Å². The Labute approximate surface area is 105 Å². The molecule has 0 radical (unpaired) electrons. The second kappa shape index (κ2) is 6.18. The van der Waals surface area contributed by atoms with Crippen LogP contribution in [0.2, 0.25) is 0 Å². The van der Waals surface area contributed by atoms with Crippen LogP contribution in [-0.4, -0.2) is 24.5 Å². The third-order valence-corrected chi connectivity index (χ3v) is 3.81. The van der Waals surface area contributed by atoms with E-state index in [-0.39, 0.29) is 0 Å². The van der Waals surface area contributed by atoms with Gasteiger partial charge in [-0.2, -0.15) is 0 Å². The van der Waals surface area contributed by atoms with Crippen molar-refractivity contribution in [1.82, 2.24) is 4.90 Å². The van der Waals surface area contributed by atoms with Crippen LogP contribution in [0.25, 0.3) is 0 Å². The second-order valence-corrected chi connectivity index (χ2v) is 5.03. The van der Waals surface area contributed by atoms with Crippen molar-refractivity contribution in [3.63, 3.8) is 0 Å². The maximum absolute atomic E-state index is 5.96. The first-order chi connectivity index (χ1) is 8.36. The molecule has 0 unspecified atom stereocenters. The number of likely N-dealkylation sites (tertiary alicyclic amines) is 1. The molecule has 2 heteroatoms. The molecule has 94 valence electrons. The number of nitrogens with zero attached hydrogens (tertiary/aromatic N) is 1. The standard InChI is InChI=1S/C15H24N2/c1-2-10-17-11-6-9-14(12-16)15(17)13-7-4-3-5-8-13/h3-5,7-8,14-15H,2,6,9-12,16H2,1H3/t14-,15-/m1/s1. The molecule has 1 aliphatic heterocycles. The lowest BCUT2D eigenvalue weighted by Gasteiger charge is -2.41. The predicted octanol–water partition coefficient (Wildman–Crippen LogP) is 2.81. The van der Waals surface area contributed by atoms with Crippen molar-refractivity contribution in [3.8, 4) is 0 Å². The average molecular weight is 232 g/mol. The second-order valence-electron chi connectivity index (χ2n) is 5.03. The van der Waals surface area contributed by atoms with E-state index in [0.717, 1.165) is 6.54 Å². The lowest BCUT2D eigenvalue weighted by Crippen LogP contribution is -2.41. The molecule has 2 rings (SSSR count). The van der Waals surface area contributed by atoms with Gasteiger partial charge in [0.25, 0.3) is 0 Å². The molecule has 1 saturated heterocycles. The quantitative estimate of drug-likeness (QED) is 0.865. The fraction of sp³-hybridized carbons (Fsp3) is 0.600. The van der Waals surface area contributed by atoms with Crippen LogP contribution in [0.15, 0.2) is 30.3 Å². The molecule has 1 heterocycles. The fourth-order valence-electron chi connectivity index (χ4n) is 3.07. The van der Waals surface area contributed by atoms with E-state index in [9.17, 15) is 0 Å². The Kier molecular flexibility index (Phi) is 4.57. The van der Waals surface area contributed by atoms with Gasteiger partial charge in [-0.1, -0.05) is 37.3 Å². The van der Waals surface area contributed by atoms with Gasteiger partial charge in [0.15, 0.2) is 0 Å². The molecule has 1 aromatic carbocycles. The van der Waals surface area contributed by atoms with Crippen molar-refractivity contribution in [2.45, 2.75) is 32.2 Å². The van der Waals surface area contributed by atoms with Crippen molar-refractivity contribution < 1.29 is 0 Å². The van der Waals surface area contributed by atoms with Crippen LogP contribution in [0.1, 0.15) is 37.8 Å². The van der Waals surface area contributed by atoms with Crippen LogP contribution < -0.4 is 5.73 Å². The summed E-state index contributed by atoms with van der Waals surface area (Å²) >= 11 is 0. The fourth-order valence-corrected chi connectivity index (χ4v) is 3.07. The van der Waals surface area contributed by atoms with Gasteiger partial charge in [0.2, 0.25) is 0 Å².